The summed E-state index contributed by atoms with van der Waals surface area (Å²) in [4.78, 5) is 19.1. The third-order valence-corrected chi connectivity index (χ3v) is 7.16. The average Bonchev–Trinajstić information content (AvgIpc) is 3.32. The first-order valence-corrected chi connectivity index (χ1v) is 10.3. The molecule has 2 saturated heterocycles. The molecule has 1 spiro atoms. The van der Waals surface area contributed by atoms with E-state index in [4.69, 9.17) is 9.47 Å². The summed E-state index contributed by atoms with van der Waals surface area (Å²) < 4.78 is 11.7. The first kappa shape index (κ1) is 17.2. The van der Waals surface area contributed by atoms with Gasteiger partial charge in [0, 0.05) is 30.6 Å². The average molecular weight is 382 g/mol. The monoisotopic (exact) mass is 382 g/mol. The van der Waals surface area contributed by atoms with Crippen LogP contribution in [-0.2, 0) is 29.3 Å². The molecule has 1 aromatic carbocycles. The molecule has 6 heteroatoms. The van der Waals surface area contributed by atoms with Crippen molar-refractivity contribution in [2.75, 3.05) is 18.8 Å². The number of amides is 1. The number of hydrogen-bond acceptors (Lipinski definition) is 5. The summed E-state index contributed by atoms with van der Waals surface area (Å²) in [5.41, 5.74) is 4.09. The zero-order valence-corrected chi connectivity index (χ0v) is 15.9. The first-order chi connectivity index (χ1) is 13.2. The molecule has 1 unspecified atom stereocenters. The molecule has 1 aromatic heterocycles. The highest BCUT2D eigenvalue weighted by molar-refractivity contribution is 8.01. The van der Waals surface area contributed by atoms with Crippen molar-refractivity contribution in [3.8, 4) is 0 Å². The highest BCUT2D eigenvalue weighted by Crippen LogP contribution is 2.46. The third-order valence-electron chi connectivity index (χ3n) is 5.58. The Morgan fingerprint density at radius 2 is 2.15 bits per heavy atom. The number of carbonyl (C=O) groups excluding carboxylic acids is 1. The van der Waals surface area contributed by atoms with E-state index in [9.17, 15) is 4.79 Å². The fourth-order valence-corrected chi connectivity index (χ4v) is 5.65. The molecule has 0 radical (unpaired) electrons. The van der Waals surface area contributed by atoms with Crippen LogP contribution in [-0.4, -0.2) is 45.5 Å². The van der Waals surface area contributed by atoms with Gasteiger partial charge in [-0.2, -0.15) is 0 Å². The molecule has 0 aliphatic carbocycles. The van der Waals surface area contributed by atoms with Crippen LogP contribution in [0.1, 0.15) is 33.6 Å². The Morgan fingerprint density at radius 1 is 1.26 bits per heavy atom. The Kier molecular flexibility index (Phi) is 4.42. The summed E-state index contributed by atoms with van der Waals surface area (Å²) in [6.07, 6.45) is 3.04. The Balaban J connectivity index is 1.15. The largest absolute Gasteiger partial charge is 0.372 e. The molecule has 3 aliphatic heterocycles. The van der Waals surface area contributed by atoms with Crippen molar-refractivity contribution in [2.45, 2.75) is 37.1 Å². The maximum atomic E-state index is 12.8. The second-order valence-corrected chi connectivity index (χ2v) is 9.08. The quantitative estimate of drug-likeness (QED) is 0.814. The van der Waals surface area contributed by atoms with Crippen LogP contribution in [0.2, 0.25) is 0 Å². The topological polar surface area (TPSA) is 51.7 Å². The number of likely N-dealkylation sites (tertiary alicyclic amines) is 1. The van der Waals surface area contributed by atoms with Crippen LogP contribution in [0, 0.1) is 0 Å². The van der Waals surface area contributed by atoms with Gasteiger partial charge in [0.15, 0.2) is 0 Å². The minimum atomic E-state index is 0.133. The molecular formula is C21H22N2O3S. The molecule has 0 N–H and O–H groups in total. The molecular weight excluding hydrogens is 360 g/mol. The smallest absolute Gasteiger partial charge is 0.253 e. The lowest BCUT2D eigenvalue weighted by atomic mass is 9.92. The van der Waals surface area contributed by atoms with Crippen molar-refractivity contribution < 1.29 is 14.3 Å². The number of fused-ring (bicyclic) bond motifs is 1. The molecule has 2 fully saturated rings. The van der Waals surface area contributed by atoms with Gasteiger partial charge in [0.2, 0.25) is 0 Å². The number of aromatic nitrogens is 1. The van der Waals surface area contributed by atoms with Crippen LogP contribution in [0.5, 0.6) is 0 Å². The summed E-state index contributed by atoms with van der Waals surface area (Å²) in [5, 5.41) is 0. The highest BCUT2D eigenvalue weighted by Gasteiger charge is 2.51. The minimum Gasteiger partial charge on any atom is -0.372 e. The Labute approximate surface area is 163 Å². The Hall–Kier alpha value is -1.89. The number of benzene rings is 1. The van der Waals surface area contributed by atoms with Crippen LogP contribution in [0.15, 0.2) is 42.6 Å². The minimum absolute atomic E-state index is 0.133. The maximum Gasteiger partial charge on any atom is 0.253 e. The van der Waals surface area contributed by atoms with Gasteiger partial charge in [0.1, 0.15) is 0 Å². The molecule has 140 valence electrons. The summed E-state index contributed by atoms with van der Waals surface area (Å²) >= 11 is 1.95. The lowest BCUT2D eigenvalue weighted by molar-refractivity contribution is 0.0245. The summed E-state index contributed by atoms with van der Waals surface area (Å²) in [5.74, 6) is 1.12. The van der Waals surface area contributed by atoms with Gasteiger partial charge in [-0.15, -0.1) is 11.8 Å². The zero-order chi connectivity index (χ0) is 18.3. The molecule has 27 heavy (non-hydrogen) atoms. The molecule has 1 atom stereocenters. The molecule has 1 amide bonds. The molecule has 5 rings (SSSR count). The Morgan fingerprint density at radius 3 is 3.00 bits per heavy atom. The number of rotatable bonds is 4. The van der Waals surface area contributed by atoms with Crippen molar-refractivity contribution >= 4 is 17.7 Å². The van der Waals surface area contributed by atoms with E-state index in [2.05, 4.69) is 4.98 Å². The van der Waals surface area contributed by atoms with E-state index in [1.165, 1.54) is 5.56 Å². The van der Waals surface area contributed by atoms with E-state index in [1.54, 1.807) is 6.20 Å². The molecule has 0 saturated carbocycles. The normalized spacial score (nSPS) is 22.7. The predicted molar refractivity (Wildman–Crippen MR) is 103 cm³/mol. The van der Waals surface area contributed by atoms with E-state index < -0.39 is 0 Å². The number of carbonyl (C=O) groups is 1. The molecule has 0 bridgehead atoms. The van der Waals surface area contributed by atoms with Crippen LogP contribution in [0.4, 0.5) is 0 Å². The maximum absolute atomic E-state index is 12.8. The van der Waals surface area contributed by atoms with Crippen LogP contribution >= 0.6 is 11.8 Å². The van der Waals surface area contributed by atoms with Crippen molar-refractivity contribution in [3.63, 3.8) is 0 Å². The van der Waals surface area contributed by atoms with E-state index >= 15 is 0 Å². The van der Waals surface area contributed by atoms with Gasteiger partial charge < -0.3 is 14.4 Å². The standard InChI is InChI=1S/C21H22N2O3S/c24-20(15-4-5-16-9-25-10-17(16)7-15)23-13-21(14-23)8-19(12-27-21)26-11-18-3-1-2-6-22-18/h1-7,19H,8-14H2. The molecule has 4 heterocycles. The third kappa shape index (κ3) is 3.37. The lowest BCUT2D eigenvalue weighted by Crippen LogP contribution is -2.60. The van der Waals surface area contributed by atoms with Gasteiger partial charge in [0.05, 0.1) is 36.4 Å². The Bertz CT molecular complexity index is 852. The number of hydrogen-bond donors (Lipinski definition) is 0. The van der Waals surface area contributed by atoms with Gasteiger partial charge in [0.25, 0.3) is 5.91 Å². The van der Waals surface area contributed by atoms with Crippen LogP contribution < -0.4 is 0 Å². The zero-order valence-electron chi connectivity index (χ0n) is 15.1. The fourth-order valence-electron chi connectivity index (χ4n) is 4.10. The van der Waals surface area contributed by atoms with Gasteiger partial charge in [-0.1, -0.05) is 12.1 Å². The van der Waals surface area contributed by atoms with Gasteiger partial charge >= 0.3 is 0 Å². The van der Waals surface area contributed by atoms with E-state index in [0.717, 1.165) is 42.1 Å². The molecule has 2 aromatic rings. The second kappa shape index (κ2) is 6.93. The van der Waals surface area contributed by atoms with Crippen molar-refractivity contribution in [1.82, 2.24) is 9.88 Å². The van der Waals surface area contributed by atoms with Gasteiger partial charge in [-0.05, 0) is 41.8 Å². The SMILES string of the molecule is O=C(c1ccc2c(c1)COC2)N1CC2(CC(OCc3ccccn3)CS2)C1. The highest BCUT2D eigenvalue weighted by atomic mass is 32.2. The summed E-state index contributed by atoms with van der Waals surface area (Å²) in [6, 6.07) is 11.8. The predicted octanol–water partition coefficient (Wildman–Crippen LogP) is 3.03. The number of thioether (sulfide) groups is 1. The lowest BCUT2D eigenvalue weighted by Gasteiger charge is -2.47. The van der Waals surface area contributed by atoms with E-state index in [-0.39, 0.29) is 16.8 Å². The first-order valence-electron chi connectivity index (χ1n) is 9.35. The van der Waals surface area contributed by atoms with Gasteiger partial charge in [-0.25, -0.2) is 0 Å². The van der Waals surface area contributed by atoms with Crippen molar-refractivity contribution in [3.05, 3.63) is 65.0 Å². The van der Waals surface area contributed by atoms with Crippen LogP contribution in [0.3, 0.4) is 0 Å². The summed E-state index contributed by atoms with van der Waals surface area (Å²) in [6.45, 7) is 3.46. The fraction of sp³-hybridized carbons (Fsp3) is 0.429. The van der Waals surface area contributed by atoms with E-state index in [0.29, 0.717) is 19.8 Å². The van der Waals surface area contributed by atoms with E-state index in [1.807, 2.05) is 53.1 Å². The van der Waals surface area contributed by atoms with Crippen molar-refractivity contribution in [1.29, 1.82) is 0 Å². The number of ether oxygens (including phenoxy) is 2. The summed E-state index contributed by atoms with van der Waals surface area (Å²) in [7, 11) is 0. The molecule has 3 aliphatic rings. The molecule has 5 nitrogen and oxygen atoms in total. The second-order valence-electron chi connectivity index (χ2n) is 7.59. The number of nitrogens with zero attached hydrogens (tertiary/aromatic N) is 2. The van der Waals surface area contributed by atoms with Gasteiger partial charge in [-0.3, -0.25) is 9.78 Å². The number of pyridine rings is 1. The van der Waals surface area contributed by atoms with Crippen molar-refractivity contribution in [2.24, 2.45) is 0 Å². The van der Waals surface area contributed by atoms with Crippen LogP contribution in [0.25, 0.3) is 0 Å².